The normalized spacial score (nSPS) is 12.3. The smallest absolute Gasteiger partial charge is 0.416 e. The Morgan fingerprint density at radius 2 is 1.81 bits per heavy atom. The number of nitrogens with one attached hydrogen (secondary N) is 1. The summed E-state index contributed by atoms with van der Waals surface area (Å²) in [4.78, 5) is 0.112. The third-order valence-corrected chi connectivity index (χ3v) is 5.58. The Morgan fingerprint density at radius 1 is 1.11 bits per heavy atom. The van der Waals surface area contributed by atoms with Crippen molar-refractivity contribution in [3.05, 3.63) is 53.6 Å². The zero-order chi connectivity index (χ0) is 20.2. The molecule has 0 fully saturated rings. The molecule has 0 aliphatic rings. The minimum absolute atomic E-state index is 0.112. The van der Waals surface area contributed by atoms with Gasteiger partial charge in [0.2, 0.25) is 10.0 Å². The summed E-state index contributed by atoms with van der Waals surface area (Å²) in [6, 6.07) is 9.43. The molecular formula is C18H21F3N2O3S. The van der Waals surface area contributed by atoms with Crippen molar-refractivity contribution >= 4 is 15.7 Å². The summed E-state index contributed by atoms with van der Waals surface area (Å²) in [7, 11) is -0.737. The quantitative estimate of drug-likeness (QED) is 0.762. The standard InChI is InChI=1S/C18H21F3N2O3S/c1-4-26-17-9-8-14(18(19,20)21)11-16(17)22-12-13-6-5-7-15(10-13)27(24,25)23(2)3/h5-11,22H,4,12H2,1-3H3. The lowest BCUT2D eigenvalue weighted by atomic mass is 10.1. The molecule has 148 valence electrons. The van der Waals surface area contributed by atoms with Crippen LogP contribution in [-0.2, 0) is 22.7 Å². The molecule has 0 saturated heterocycles. The summed E-state index contributed by atoms with van der Waals surface area (Å²) in [5.41, 5.74) is 0.00252. The topological polar surface area (TPSA) is 58.6 Å². The van der Waals surface area contributed by atoms with E-state index < -0.39 is 21.8 Å². The maximum absolute atomic E-state index is 13.0. The highest BCUT2D eigenvalue weighted by Gasteiger charge is 2.31. The first-order valence-corrected chi connectivity index (χ1v) is 9.59. The summed E-state index contributed by atoms with van der Waals surface area (Å²) < 4.78 is 69.8. The minimum atomic E-state index is -4.47. The van der Waals surface area contributed by atoms with Crippen LogP contribution in [0.15, 0.2) is 47.4 Å². The van der Waals surface area contributed by atoms with Gasteiger partial charge in [-0.25, -0.2) is 12.7 Å². The zero-order valence-corrected chi connectivity index (χ0v) is 16.0. The van der Waals surface area contributed by atoms with E-state index in [-0.39, 0.29) is 17.1 Å². The van der Waals surface area contributed by atoms with Gasteiger partial charge in [0, 0.05) is 20.6 Å². The number of ether oxygens (including phenoxy) is 1. The van der Waals surface area contributed by atoms with Crippen LogP contribution in [0.2, 0.25) is 0 Å². The lowest BCUT2D eigenvalue weighted by Crippen LogP contribution is -2.22. The average Bonchev–Trinajstić information content (AvgIpc) is 2.60. The fraction of sp³-hybridized carbons (Fsp3) is 0.333. The molecule has 2 aromatic rings. The number of anilines is 1. The molecular weight excluding hydrogens is 381 g/mol. The van der Waals surface area contributed by atoms with Gasteiger partial charge in [0.1, 0.15) is 5.75 Å². The Kier molecular flexibility index (Phi) is 6.38. The number of hydrogen-bond acceptors (Lipinski definition) is 4. The van der Waals surface area contributed by atoms with Crippen molar-refractivity contribution in [2.75, 3.05) is 26.0 Å². The molecule has 2 aromatic carbocycles. The number of nitrogens with zero attached hydrogens (tertiary/aromatic N) is 1. The molecule has 0 amide bonds. The molecule has 0 aromatic heterocycles. The van der Waals surface area contributed by atoms with E-state index in [0.717, 1.165) is 16.4 Å². The van der Waals surface area contributed by atoms with Crippen LogP contribution in [0.3, 0.4) is 0 Å². The molecule has 27 heavy (non-hydrogen) atoms. The second kappa shape index (κ2) is 8.18. The molecule has 0 unspecified atom stereocenters. The van der Waals surface area contributed by atoms with Crippen molar-refractivity contribution in [3.63, 3.8) is 0 Å². The van der Waals surface area contributed by atoms with Gasteiger partial charge in [-0.05, 0) is 42.8 Å². The van der Waals surface area contributed by atoms with Gasteiger partial charge >= 0.3 is 6.18 Å². The summed E-state index contributed by atoms with van der Waals surface area (Å²) in [6.07, 6.45) is -4.47. The number of benzene rings is 2. The predicted molar refractivity (Wildman–Crippen MR) is 97.3 cm³/mol. The van der Waals surface area contributed by atoms with Crippen LogP contribution in [0.5, 0.6) is 5.75 Å². The molecule has 0 saturated carbocycles. The monoisotopic (exact) mass is 402 g/mol. The molecule has 0 bridgehead atoms. The van der Waals surface area contributed by atoms with Crippen molar-refractivity contribution in [2.45, 2.75) is 24.5 Å². The molecule has 0 aliphatic carbocycles. The third-order valence-electron chi connectivity index (χ3n) is 3.77. The van der Waals surface area contributed by atoms with E-state index in [1.807, 2.05) is 0 Å². The van der Waals surface area contributed by atoms with E-state index in [4.69, 9.17) is 4.74 Å². The van der Waals surface area contributed by atoms with Gasteiger partial charge in [-0.1, -0.05) is 12.1 Å². The molecule has 0 aliphatic heterocycles. The second-order valence-corrected chi connectivity index (χ2v) is 8.08. The van der Waals surface area contributed by atoms with Gasteiger partial charge in [-0.3, -0.25) is 0 Å². The van der Waals surface area contributed by atoms with Gasteiger partial charge < -0.3 is 10.1 Å². The van der Waals surface area contributed by atoms with E-state index in [1.165, 1.54) is 32.3 Å². The number of alkyl halides is 3. The number of sulfonamides is 1. The molecule has 1 N–H and O–H groups in total. The highest BCUT2D eigenvalue weighted by molar-refractivity contribution is 7.89. The van der Waals surface area contributed by atoms with E-state index in [9.17, 15) is 21.6 Å². The van der Waals surface area contributed by atoms with E-state index in [1.54, 1.807) is 19.1 Å². The van der Waals surface area contributed by atoms with Crippen molar-refractivity contribution in [2.24, 2.45) is 0 Å². The Labute approximate surface area is 156 Å². The maximum atomic E-state index is 13.0. The van der Waals surface area contributed by atoms with Crippen LogP contribution in [-0.4, -0.2) is 33.4 Å². The van der Waals surface area contributed by atoms with Crippen LogP contribution in [0.1, 0.15) is 18.1 Å². The van der Waals surface area contributed by atoms with Gasteiger partial charge in [0.05, 0.1) is 22.8 Å². The molecule has 5 nitrogen and oxygen atoms in total. The Bertz CT molecular complexity index is 897. The van der Waals surface area contributed by atoms with Gasteiger partial charge in [0.15, 0.2) is 0 Å². The maximum Gasteiger partial charge on any atom is 0.416 e. The highest BCUT2D eigenvalue weighted by Crippen LogP contribution is 2.35. The lowest BCUT2D eigenvalue weighted by Gasteiger charge is -2.16. The summed E-state index contributed by atoms with van der Waals surface area (Å²) in [5, 5.41) is 2.90. The molecule has 0 heterocycles. The van der Waals surface area contributed by atoms with Crippen molar-refractivity contribution < 1.29 is 26.3 Å². The van der Waals surface area contributed by atoms with Crippen LogP contribution < -0.4 is 10.1 Å². The summed E-state index contributed by atoms with van der Waals surface area (Å²) in [5.74, 6) is 0.294. The number of rotatable bonds is 7. The van der Waals surface area contributed by atoms with Crippen molar-refractivity contribution in [1.82, 2.24) is 4.31 Å². The van der Waals surface area contributed by atoms with Crippen LogP contribution in [0, 0.1) is 0 Å². The van der Waals surface area contributed by atoms with Gasteiger partial charge in [-0.15, -0.1) is 0 Å². The fourth-order valence-corrected chi connectivity index (χ4v) is 3.32. The third kappa shape index (κ3) is 5.14. The van der Waals surface area contributed by atoms with E-state index in [0.29, 0.717) is 17.9 Å². The lowest BCUT2D eigenvalue weighted by molar-refractivity contribution is -0.137. The molecule has 9 heteroatoms. The second-order valence-electron chi connectivity index (χ2n) is 5.93. The highest BCUT2D eigenvalue weighted by atomic mass is 32.2. The van der Waals surface area contributed by atoms with Crippen LogP contribution in [0.25, 0.3) is 0 Å². The Hall–Kier alpha value is -2.26. The SMILES string of the molecule is CCOc1ccc(C(F)(F)F)cc1NCc1cccc(S(=O)(=O)N(C)C)c1. The van der Waals surface area contributed by atoms with Crippen LogP contribution >= 0.6 is 0 Å². The first-order chi connectivity index (χ1) is 12.6. The molecule has 0 radical (unpaired) electrons. The first-order valence-electron chi connectivity index (χ1n) is 8.15. The number of halogens is 3. The van der Waals surface area contributed by atoms with Gasteiger partial charge in [0.25, 0.3) is 0 Å². The van der Waals surface area contributed by atoms with Crippen molar-refractivity contribution in [1.29, 1.82) is 0 Å². The van der Waals surface area contributed by atoms with Gasteiger partial charge in [-0.2, -0.15) is 13.2 Å². The Morgan fingerprint density at radius 3 is 2.41 bits per heavy atom. The molecule has 0 atom stereocenters. The fourth-order valence-electron chi connectivity index (χ4n) is 2.35. The first kappa shape index (κ1) is 21.0. The Balaban J connectivity index is 2.28. The predicted octanol–water partition coefficient (Wildman–Crippen LogP) is 3.97. The summed E-state index contributed by atoms with van der Waals surface area (Å²) >= 11 is 0. The summed E-state index contributed by atoms with van der Waals surface area (Å²) in [6.45, 7) is 2.17. The zero-order valence-electron chi connectivity index (χ0n) is 15.2. The minimum Gasteiger partial charge on any atom is -0.492 e. The molecule has 2 rings (SSSR count). The van der Waals surface area contributed by atoms with E-state index >= 15 is 0 Å². The number of hydrogen-bond donors (Lipinski definition) is 1. The van der Waals surface area contributed by atoms with E-state index in [2.05, 4.69) is 5.32 Å². The van der Waals surface area contributed by atoms with Crippen molar-refractivity contribution in [3.8, 4) is 5.75 Å². The largest absolute Gasteiger partial charge is 0.492 e. The van der Waals surface area contributed by atoms with Crippen LogP contribution in [0.4, 0.5) is 18.9 Å². The average molecular weight is 402 g/mol. The molecule has 0 spiro atoms.